The van der Waals surface area contributed by atoms with Gasteiger partial charge in [0.25, 0.3) is 0 Å². The number of esters is 1. The minimum Gasteiger partial charge on any atom is -0.466 e. The maximum atomic E-state index is 10.7. The number of nitrogens with one attached hydrogen (secondary N) is 1. The summed E-state index contributed by atoms with van der Waals surface area (Å²) in [6.07, 6.45) is 2.81. The molecule has 0 spiro atoms. The van der Waals surface area contributed by atoms with Gasteiger partial charge in [-0.05, 0) is 24.6 Å². The number of hydrogen-bond donors (Lipinski definition) is 1. The second-order valence-corrected chi connectivity index (χ2v) is 3.37. The number of hydrogen-bond acceptors (Lipinski definition) is 3. The molecule has 0 unspecified atom stereocenters. The number of methoxy groups -OCH3 is 1. The van der Waals surface area contributed by atoms with E-state index in [9.17, 15) is 4.79 Å². The zero-order valence-corrected chi connectivity index (χ0v) is 9.34. The molecule has 0 heterocycles. The average Bonchev–Trinajstić information content (AvgIpc) is 2.23. The number of aryl methyl sites for hydroxylation is 1. The standard InChI is InChI=1S/C11H12ClNO2/c1-8-3-4-9(7-10(8)12)13-6-5-11(14)15-2/h3-7,13H,1-2H3/b6-5+. The van der Waals surface area contributed by atoms with Crippen molar-refractivity contribution in [3.8, 4) is 0 Å². The van der Waals surface area contributed by atoms with E-state index in [0.717, 1.165) is 11.3 Å². The summed E-state index contributed by atoms with van der Waals surface area (Å²) in [5, 5.41) is 3.60. The van der Waals surface area contributed by atoms with Crippen LogP contribution in [-0.4, -0.2) is 13.1 Å². The normalized spacial score (nSPS) is 10.3. The summed E-state index contributed by atoms with van der Waals surface area (Å²) in [5.74, 6) is -0.402. The van der Waals surface area contributed by atoms with Crippen LogP contribution in [-0.2, 0) is 9.53 Å². The van der Waals surface area contributed by atoms with E-state index in [1.807, 2.05) is 19.1 Å². The Balaban J connectivity index is 2.62. The third kappa shape index (κ3) is 3.64. The molecule has 0 radical (unpaired) electrons. The third-order valence-corrected chi connectivity index (χ3v) is 2.25. The topological polar surface area (TPSA) is 38.3 Å². The van der Waals surface area contributed by atoms with Gasteiger partial charge in [0.15, 0.2) is 0 Å². The molecule has 0 saturated heterocycles. The lowest BCUT2D eigenvalue weighted by atomic mass is 10.2. The molecule has 15 heavy (non-hydrogen) atoms. The average molecular weight is 226 g/mol. The molecule has 0 aromatic heterocycles. The van der Waals surface area contributed by atoms with Crippen LogP contribution < -0.4 is 5.32 Å². The Bertz CT molecular complexity index is 388. The summed E-state index contributed by atoms with van der Waals surface area (Å²) in [4.78, 5) is 10.7. The molecule has 4 heteroatoms. The summed E-state index contributed by atoms with van der Waals surface area (Å²) in [6, 6.07) is 5.57. The van der Waals surface area contributed by atoms with Gasteiger partial charge in [0, 0.05) is 23.0 Å². The first-order valence-electron chi connectivity index (χ1n) is 4.40. The smallest absolute Gasteiger partial charge is 0.331 e. The van der Waals surface area contributed by atoms with Crippen molar-refractivity contribution in [2.75, 3.05) is 12.4 Å². The van der Waals surface area contributed by atoms with Gasteiger partial charge < -0.3 is 10.1 Å². The van der Waals surface area contributed by atoms with Crippen molar-refractivity contribution < 1.29 is 9.53 Å². The second-order valence-electron chi connectivity index (χ2n) is 2.96. The van der Waals surface area contributed by atoms with Crippen LogP contribution in [0.3, 0.4) is 0 Å². The molecule has 0 saturated carbocycles. The Morgan fingerprint density at radius 3 is 2.87 bits per heavy atom. The van der Waals surface area contributed by atoms with Crippen LogP contribution in [0.5, 0.6) is 0 Å². The van der Waals surface area contributed by atoms with Crippen molar-refractivity contribution in [3.05, 3.63) is 41.1 Å². The summed E-state index contributed by atoms with van der Waals surface area (Å²) in [5.41, 5.74) is 1.84. The number of anilines is 1. The van der Waals surface area contributed by atoms with Crippen molar-refractivity contribution in [2.45, 2.75) is 6.92 Å². The van der Waals surface area contributed by atoms with Gasteiger partial charge in [-0.1, -0.05) is 17.7 Å². The summed E-state index contributed by atoms with van der Waals surface area (Å²) in [6.45, 7) is 1.93. The molecule has 0 aliphatic heterocycles. The Morgan fingerprint density at radius 1 is 1.53 bits per heavy atom. The highest BCUT2D eigenvalue weighted by molar-refractivity contribution is 6.31. The van der Waals surface area contributed by atoms with Gasteiger partial charge in [-0.25, -0.2) is 4.79 Å². The fourth-order valence-corrected chi connectivity index (χ4v) is 1.14. The van der Waals surface area contributed by atoms with Crippen LogP contribution in [0.15, 0.2) is 30.5 Å². The third-order valence-electron chi connectivity index (χ3n) is 1.84. The maximum absolute atomic E-state index is 10.7. The van der Waals surface area contributed by atoms with Crippen LogP contribution in [0, 0.1) is 6.92 Å². The fourth-order valence-electron chi connectivity index (χ4n) is 0.957. The number of carbonyl (C=O) groups is 1. The van der Waals surface area contributed by atoms with E-state index in [1.165, 1.54) is 19.4 Å². The first-order valence-corrected chi connectivity index (χ1v) is 4.78. The molecule has 0 bridgehead atoms. The molecule has 0 fully saturated rings. The van der Waals surface area contributed by atoms with Gasteiger partial charge in [-0.3, -0.25) is 0 Å². The number of halogens is 1. The van der Waals surface area contributed by atoms with E-state index in [1.54, 1.807) is 6.07 Å². The molecule has 1 aromatic carbocycles. The summed E-state index contributed by atoms with van der Waals surface area (Å²) >= 11 is 5.93. The highest BCUT2D eigenvalue weighted by Gasteiger charge is 1.96. The maximum Gasteiger partial charge on any atom is 0.331 e. The van der Waals surface area contributed by atoms with Gasteiger partial charge in [0.1, 0.15) is 0 Å². The Kier molecular flexibility index (Phi) is 4.18. The lowest BCUT2D eigenvalue weighted by molar-refractivity contribution is -0.134. The van der Waals surface area contributed by atoms with Crippen molar-refractivity contribution in [1.29, 1.82) is 0 Å². The van der Waals surface area contributed by atoms with Gasteiger partial charge in [-0.15, -0.1) is 0 Å². The number of carbonyl (C=O) groups excluding carboxylic acids is 1. The predicted octanol–water partition coefficient (Wildman–Crippen LogP) is 2.75. The van der Waals surface area contributed by atoms with E-state index < -0.39 is 5.97 Å². The minimum atomic E-state index is -0.402. The number of benzene rings is 1. The number of ether oxygens (including phenoxy) is 1. The zero-order valence-electron chi connectivity index (χ0n) is 8.58. The van der Waals surface area contributed by atoms with E-state index >= 15 is 0 Å². The van der Waals surface area contributed by atoms with Gasteiger partial charge >= 0.3 is 5.97 Å². The highest BCUT2D eigenvalue weighted by Crippen LogP contribution is 2.19. The van der Waals surface area contributed by atoms with Crippen molar-refractivity contribution in [3.63, 3.8) is 0 Å². The van der Waals surface area contributed by atoms with Crippen LogP contribution in [0.4, 0.5) is 5.69 Å². The Labute approximate surface area is 93.7 Å². The van der Waals surface area contributed by atoms with E-state index in [0.29, 0.717) is 5.02 Å². The fraction of sp³-hybridized carbons (Fsp3) is 0.182. The Hall–Kier alpha value is -1.48. The van der Waals surface area contributed by atoms with Crippen molar-refractivity contribution >= 4 is 23.3 Å². The van der Waals surface area contributed by atoms with Crippen LogP contribution >= 0.6 is 11.6 Å². The Morgan fingerprint density at radius 2 is 2.27 bits per heavy atom. The van der Waals surface area contributed by atoms with Crippen LogP contribution in [0.1, 0.15) is 5.56 Å². The minimum absolute atomic E-state index is 0.402. The largest absolute Gasteiger partial charge is 0.466 e. The molecule has 0 atom stereocenters. The molecule has 1 aromatic rings. The van der Waals surface area contributed by atoms with Gasteiger partial charge in [0.2, 0.25) is 0 Å². The molecule has 0 aliphatic carbocycles. The second kappa shape index (κ2) is 5.41. The molecule has 1 N–H and O–H groups in total. The molecule has 80 valence electrons. The number of rotatable bonds is 3. The lowest BCUT2D eigenvalue weighted by Gasteiger charge is -2.02. The van der Waals surface area contributed by atoms with Crippen LogP contribution in [0.25, 0.3) is 0 Å². The molecule has 1 rings (SSSR count). The van der Waals surface area contributed by atoms with Gasteiger partial charge in [0.05, 0.1) is 7.11 Å². The SMILES string of the molecule is COC(=O)/C=C/Nc1ccc(C)c(Cl)c1. The lowest BCUT2D eigenvalue weighted by Crippen LogP contribution is -1.96. The van der Waals surface area contributed by atoms with Crippen molar-refractivity contribution in [1.82, 2.24) is 0 Å². The van der Waals surface area contributed by atoms with Crippen molar-refractivity contribution in [2.24, 2.45) is 0 Å². The first kappa shape index (κ1) is 11.6. The molecule has 3 nitrogen and oxygen atoms in total. The molecule has 0 aliphatic rings. The summed E-state index contributed by atoms with van der Waals surface area (Å²) in [7, 11) is 1.33. The summed E-state index contributed by atoms with van der Waals surface area (Å²) < 4.78 is 4.44. The quantitative estimate of drug-likeness (QED) is 0.635. The van der Waals surface area contributed by atoms with Gasteiger partial charge in [-0.2, -0.15) is 0 Å². The van der Waals surface area contributed by atoms with Crippen LogP contribution in [0.2, 0.25) is 5.02 Å². The zero-order chi connectivity index (χ0) is 11.3. The van der Waals surface area contributed by atoms with E-state index in [-0.39, 0.29) is 0 Å². The molecule has 0 amide bonds. The predicted molar refractivity (Wildman–Crippen MR) is 61.0 cm³/mol. The monoisotopic (exact) mass is 225 g/mol. The molecular formula is C11H12ClNO2. The highest BCUT2D eigenvalue weighted by atomic mass is 35.5. The van der Waals surface area contributed by atoms with E-state index in [2.05, 4.69) is 10.1 Å². The first-order chi connectivity index (χ1) is 7.13. The molecular weight excluding hydrogens is 214 g/mol. The van der Waals surface area contributed by atoms with E-state index in [4.69, 9.17) is 11.6 Å².